The van der Waals surface area contributed by atoms with E-state index in [0.717, 1.165) is 0 Å². The van der Waals surface area contributed by atoms with Crippen molar-refractivity contribution < 1.29 is 14.7 Å². The molecule has 110 valence electrons. The lowest BCUT2D eigenvalue weighted by molar-refractivity contribution is -0.120. The third-order valence-corrected chi connectivity index (χ3v) is 3.35. The Bertz CT molecular complexity index is 669. The van der Waals surface area contributed by atoms with Gasteiger partial charge in [-0.05, 0) is 35.0 Å². The molecular weight excluding hydrogens is 340 g/mol. The molecule has 0 radical (unpaired) electrons. The molecule has 0 bridgehead atoms. The molecule has 1 aromatic carbocycles. The van der Waals surface area contributed by atoms with Crippen LogP contribution in [0.4, 0.5) is 0 Å². The summed E-state index contributed by atoms with van der Waals surface area (Å²) in [6.45, 7) is 1.39. The molecule has 0 saturated carbocycles. The molecule has 8 heteroatoms. The monoisotopic (exact) mass is 352 g/mol. The van der Waals surface area contributed by atoms with Crippen LogP contribution in [0, 0.1) is 0 Å². The average Bonchev–Trinajstić information content (AvgIpc) is 2.87. The van der Waals surface area contributed by atoms with Crippen molar-refractivity contribution in [1.82, 2.24) is 20.3 Å². The molecule has 0 aliphatic heterocycles. The van der Waals surface area contributed by atoms with E-state index < -0.39 is 17.9 Å². The molecule has 0 fully saturated rings. The minimum Gasteiger partial charge on any atom is -0.387 e. The van der Waals surface area contributed by atoms with E-state index in [1.54, 1.807) is 31.2 Å². The predicted molar refractivity (Wildman–Crippen MR) is 77.3 cm³/mol. The van der Waals surface area contributed by atoms with Crippen LogP contribution in [-0.2, 0) is 11.3 Å². The van der Waals surface area contributed by atoms with Gasteiger partial charge in [0.1, 0.15) is 12.2 Å². The van der Waals surface area contributed by atoms with Gasteiger partial charge in [0.05, 0.1) is 17.9 Å². The van der Waals surface area contributed by atoms with E-state index in [9.17, 15) is 14.7 Å². The van der Waals surface area contributed by atoms with E-state index in [1.165, 1.54) is 10.9 Å². The summed E-state index contributed by atoms with van der Waals surface area (Å²) in [4.78, 5) is 23.7. The van der Waals surface area contributed by atoms with Crippen molar-refractivity contribution in [1.29, 1.82) is 0 Å². The van der Waals surface area contributed by atoms with Gasteiger partial charge in [-0.15, -0.1) is 5.10 Å². The lowest BCUT2D eigenvalue weighted by Crippen LogP contribution is -2.33. The quantitative estimate of drug-likeness (QED) is 0.857. The molecule has 1 heterocycles. The minimum atomic E-state index is -0.760. The first kappa shape index (κ1) is 15.3. The van der Waals surface area contributed by atoms with Gasteiger partial charge in [0.15, 0.2) is 0 Å². The summed E-state index contributed by atoms with van der Waals surface area (Å²) in [5.41, 5.74) is 0.731. The third kappa shape index (κ3) is 3.96. The second kappa shape index (κ2) is 6.59. The Hall–Kier alpha value is -2.06. The highest BCUT2D eigenvalue weighted by molar-refractivity contribution is 9.10. The summed E-state index contributed by atoms with van der Waals surface area (Å²) in [6.07, 6.45) is 0.691. The molecule has 0 saturated heterocycles. The van der Waals surface area contributed by atoms with E-state index in [4.69, 9.17) is 0 Å². The number of aliphatic hydroxyl groups excluding tert-OH is 1. The SMILES string of the molecule is CC(O)c1cn(CC(=O)NC(=O)c2ccccc2Br)nn1. The Morgan fingerprint density at radius 3 is 2.76 bits per heavy atom. The molecule has 0 aliphatic rings. The fraction of sp³-hybridized carbons (Fsp3) is 0.231. The van der Waals surface area contributed by atoms with Gasteiger partial charge in [-0.2, -0.15) is 0 Å². The van der Waals surface area contributed by atoms with Gasteiger partial charge in [0.2, 0.25) is 5.91 Å². The zero-order valence-corrected chi connectivity index (χ0v) is 12.7. The first-order chi connectivity index (χ1) is 9.97. The first-order valence-electron chi connectivity index (χ1n) is 6.14. The summed E-state index contributed by atoms with van der Waals surface area (Å²) in [7, 11) is 0. The zero-order valence-electron chi connectivity index (χ0n) is 11.2. The number of carbonyl (C=O) groups excluding carboxylic acids is 2. The van der Waals surface area contributed by atoms with Gasteiger partial charge < -0.3 is 5.11 Å². The molecule has 1 aromatic heterocycles. The number of hydrogen-bond donors (Lipinski definition) is 2. The molecule has 1 atom stereocenters. The fourth-order valence-electron chi connectivity index (χ4n) is 1.61. The number of hydrogen-bond acceptors (Lipinski definition) is 5. The number of amides is 2. The number of aromatic nitrogens is 3. The van der Waals surface area contributed by atoms with Crippen LogP contribution in [0.2, 0.25) is 0 Å². The van der Waals surface area contributed by atoms with Gasteiger partial charge in [-0.3, -0.25) is 14.9 Å². The van der Waals surface area contributed by atoms with Crippen LogP contribution in [0.15, 0.2) is 34.9 Å². The van der Waals surface area contributed by atoms with Crippen LogP contribution in [-0.4, -0.2) is 31.9 Å². The van der Waals surface area contributed by atoms with Crippen molar-refractivity contribution in [3.63, 3.8) is 0 Å². The fourth-order valence-corrected chi connectivity index (χ4v) is 2.07. The third-order valence-electron chi connectivity index (χ3n) is 2.66. The van der Waals surface area contributed by atoms with Crippen LogP contribution >= 0.6 is 15.9 Å². The van der Waals surface area contributed by atoms with Crippen molar-refractivity contribution in [3.8, 4) is 0 Å². The van der Waals surface area contributed by atoms with Crippen LogP contribution in [0.5, 0.6) is 0 Å². The molecule has 7 nitrogen and oxygen atoms in total. The molecule has 2 rings (SSSR count). The maximum atomic E-state index is 11.9. The maximum Gasteiger partial charge on any atom is 0.259 e. The van der Waals surface area contributed by atoms with Crippen molar-refractivity contribution in [3.05, 3.63) is 46.2 Å². The van der Waals surface area contributed by atoms with Gasteiger partial charge in [-0.1, -0.05) is 17.3 Å². The van der Waals surface area contributed by atoms with E-state index in [0.29, 0.717) is 15.7 Å². The molecule has 21 heavy (non-hydrogen) atoms. The average molecular weight is 353 g/mol. The highest BCUT2D eigenvalue weighted by atomic mass is 79.9. The van der Waals surface area contributed by atoms with Gasteiger partial charge >= 0.3 is 0 Å². The maximum absolute atomic E-state index is 11.9. The van der Waals surface area contributed by atoms with E-state index in [2.05, 4.69) is 31.6 Å². The van der Waals surface area contributed by atoms with Crippen molar-refractivity contribution >= 4 is 27.7 Å². The Balaban J connectivity index is 1.98. The standard InChI is InChI=1S/C13H13BrN4O3/c1-8(19)11-6-18(17-16-11)7-12(20)15-13(21)9-4-2-3-5-10(9)14/h2-6,8,19H,7H2,1H3,(H,15,20,21). The highest BCUT2D eigenvalue weighted by Crippen LogP contribution is 2.15. The van der Waals surface area contributed by atoms with Crippen molar-refractivity contribution in [2.24, 2.45) is 0 Å². The van der Waals surface area contributed by atoms with E-state index in [-0.39, 0.29) is 6.54 Å². The van der Waals surface area contributed by atoms with E-state index >= 15 is 0 Å². The summed E-state index contributed by atoms with van der Waals surface area (Å²) < 4.78 is 1.86. The number of imide groups is 1. The van der Waals surface area contributed by atoms with Gasteiger partial charge in [-0.25, -0.2) is 4.68 Å². The number of rotatable bonds is 4. The molecule has 0 spiro atoms. The molecule has 1 unspecified atom stereocenters. The summed E-state index contributed by atoms with van der Waals surface area (Å²) >= 11 is 3.25. The Kier molecular flexibility index (Phi) is 4.81. The van der Waals surface area contributed by atoms with Gasteiger partial charge in [0.25, 0.3) is 5.91 Å². The van der Waals surface area contributed by atoms with E-state index in [1.807, 2.05) is 0 Å². The Labute approximate surface area is 129 Å². The topological polar surface area (TPSA) is 97.1 Å². The summed E-state index contributed by atoms with van der Waals surface area (Å²) in [5, 5.41) is 19.0. The zero-order chi connectivity index (χ0) is 15.4. The lowest BCUT2D eigenvalue weighted by Gasteiger charge is -2.05. The summed E-state index contributed by atoms with van der Waals surface area (Å²) in [5.74, 6) is -1.01. The molecular formula is C13H13BrN4O3. The molecule has 2 amide bonds. The van der Waals surface area contributed by atoms with Crippen LogP contribution < -0.4 is 5.32 Å². The Morgan fingerprint density at radius 2 is 2.14 bits per heavy atom. The second-order valence-corrected chi connectivity index (χ2v) is 5.23. The summed E-state index contributed by atoms with van der Waals surface area (Å²) in [6, 6.07) is 6.80. The van der Waals surface area contributed by atoms with Crippen molar-refractivity contribution in [2.75, 3.05) is 0 Å². The molecule has 2 N–H and O–H groups in total. The largest absolute Gasteiger partial charge is 0.387 e. The van der Waals surface area contributed by atoms with Gasteiger partial charge in [0, 0.05) is 4.47 Å². The molecule has 0 aliphatic carbocycles. The predicted octanol–water partition coefficient (Wildman–Crippen LogP) is 1.05. The number of nitrogens with zero attached hydrogens (tertiary/aromatic N) is 3. The Morgan fingerprint density at radius 1 is 1.43 bits per heavy atom. The van der Waals surface area contributed by atoms with Crippen molar-refractivity contribution in [2.45, 2.75) is 19.6 Å². The van der Waals surface area contributed by atoms with Crippen LogP contribution in [0.1, 0.15) is 29.1 Å². The number of carbonyl (C=O) groups is 2. The smallest absolute Gasteiger partial charge is 0.259 e. The lowest BCUT2D eigenvalue weighted by atomic mass is 10.2. The van der Waals surface area contributed by atoms with Crippen LogP contribution in [0.25, 0.3) is 0 Å². The normalized spacial score (nSPS) is 12.0. The number of benzene rings is 1. The van der Waals surface area contributed by atoms with Crippen LogP contribution in [0.3, 0.4) is 0 Å². The second-order valence-electron chi connectivity index (χ2n) is 4.37. The molecule has 2 aromatic rings. The number of nitrogens with one attached hydrogen (secondary N) is 1. The highest BCUT2D eigenvalue weighted by Gasteiger charge is 2.14. The minimum absolute atomic E-state index is 0.157. The first-order valence-corrected chi connectivity index (χ1v) is 6.93. The number of halogens is 1. The number of aliphatic hydroxyl groups is 1.